The molecule has 2 rings (SSSR count). The molecule has 2 atom stereocenters. The lowest BCUT2D eigenvalue weighted by molar-refractivity contribution is 0.0993. The van der Waals surface area contributed by atoms with Crippen LogP contribution in [0.25, 0.3) is 0 Å². The molecule has 0 aliphatic carbocycles. The average molecular weight is 237 g/mol. The molecule has 17 heavy (non-hydrogen) atoms. The second kappa shape index (κ2) is 6.05. The van der Waals surface area contributed by atoms with E-state index in [1.54, 1.807) is 0 Å². The van der Waals surface area contributed by atoms with Gasteiger partial charge in [0.05, 0.1) is 12.1 Å². The molecule has 1 aromatic heterocycles. The quantitative estimate of drug-likeness (QED) is 0.826. The number of rotatable bonds is 6. The van der Waals surface area contributed by atoms with Gasteiger partial charge >= 0.3 is 0 Å². The monoisotopic (exact) mass is 237 g/mol. The number of aromatic nitrogens is 2. The third-order valence-corrected chi connectivity index (χ3v) is 3.35. The van der Waals surface area contributed by atoms with E-state index in [1.807, 2.05) is 12.4 Å². The molecule has 1 aromatic rings. The van der Waals surface area contributed by atoms with Gasteiger partial charge in [-0.1, -0.05) is 13.3 Å². The van der Waals surface area contributed by atoms with E-state index in [1.165, 1.54) is 19.3 Å². The molecule has 1 saturated heterocycles. The van der Waals surface area contributed by atoms with Crippen LogP contribution in [0.2, 0.25) is 0 Å². The summed E-state index contributed by atoms with van der Waals surface area (Å²) in [6.07, 6.45) is 8.98. The fourth-order valence-electron chi connectivity index (χ4n) is 2.25. The van der Waals surface area contributed by atoms with Crippen molar-refractivity contribution in [2.24, 2.45) is 0 Å². The topological polar surface area (TPSA) is 39.1 Å². The molecule has 1 N–H and O–H groups in total. The van der Waals surface area contributed by atoms with Gasteiger partial charge < -0.3 is 14.6 Å². The van der Waals surface area contributed by atoms with Crippen LogP contribution in [-0.4, -0.2) is 28.3 Å². The summed E-state index contributed by atoms with van der Waals surface area (Å²) in [6, 6.07) is 0.334. The van der Waals surface area contributed by atoms with Crippen molar-refractivity contribution in [3.63, 3.8) is 0 Å². The van der Waals surface area contributed by atoms with Crippen LogP contribution in [0.15, 0.2) is 12.4 Å². The molecular weight excluding hydrogens is 214 g/mol. The van der Waals surface area contributed by atoms with Gasteiger partial charge in [0.2, 0.25) is 5.95 Å². The van der Waals surface area contributed by atoms with Crippen LogP contribution in [0.4, 0.5) is 5.95 Å². The Morgan fingerprint density at radius 3 is 3.24 bits per heavy atom. The molecule has 2 heterocycles. The molecule has 0 saturated carbocycles. The maximum atomic E-state index is 5.68. The number of nitrogens with one attached hydrogen (secondary N) is 1. The Hall–Kier alpha value is -1.03. The van der Waals surface area contributed by atoms with Gasteiger partial charge in [-0.05, 0) is 26.2 Å². The number of nitrogens with zero attached hydrogens (tertiary/aromatic N) is 2. The van der Waals surface area contributed by atoms with Crippen molar-refractivity contribution < 1.29 is 4.74 Å². The number of hydrogen-bond donors (Lipinski definition) is 1. The molecule has 1 aliphatic rings. The molecule has 2 unspecified atom stereocenters. The van der Waals surface area contributed by atoms with E-state index in [-0.39, 0.29) is 0 Å². The van der Waals surface area contributed by atoms with Crippen molar-refractivity contribution in [2.75, 3.05) is 11.9 Å². The van der Waals surface area contributed by atoms with Crippen LogP contribution in [0.1, 0.15) is 39.5 Å². The SMILES string of the molecule is CCCCn1ccnc1NC(C)C1CCCO1. The maximum Gasteiger partial charge on any atom is 0.203 e. The number of anilines is 1. The fourth-order valence-corrected chi connectivity index (χ4v) is 2.25. The molecule has 0 aromatic carbocycles. The highest BCUT2D eigenvalue weighted by atomic mass is 16.5. The van der Waals surface area contributed by atoms with Gasteiger partial charge in [-0.25, -0.2) is 4.98 Å². The Morgan fingerprint density at radius 1 is 1.65 bits per heavy atom. The van der Waals surface area contributed by atoms with Gasteiger partial charge in [0.25, 0.3) is 0 Å². The molecule has 0 spiro atoms. The van der Waals surface area contributed by atoms with Crippen LogP contribution in [-0.2, 0) is 11.3 Å². The molecule has 0 bridgehead atoms. The number of hydrogen-bond acceptors (Lipinski definition) is 3. The summed E-state index contributed by atoms with van der Waals surface area (Å²) in [6.45, 7) is 6.33. The summed E-state index contributed by atoms with van der Waals surface area (Å²) in [4.78, 5) is 4.38. The van der Waals surface area contributed by atoms with Gasteiger partial charge in [-0.15, -0.1) is 0 Å². The molecule has 0 radical (unpaired) electrons. The van der Waals surface area contributed by atoms with E-state index in [4.69, 9.17) is 4.74 Å². The molecule has 4 heteroatoms. The highest BCUT2D eigenvalue weighted by Crippen LogP contribution is 2.18. The highest BCUT2D eigenvalue weighted by molar-refractivity contribution is 5.27. The van der Waals surface area contributed by atoms with Gasteiger partial charge in [0.15, 0.2) is 0 Å². The first-order chi connectivity index (χ1) is 8.31. The predicted octanol–water partition coefficient (Wildman–Crippen LogP) is 2.66. The van der Waals surface area contributed by atoms with Gasteiger partial charge in [-0.2, -0.15) is 0 Å². The predicted molar refractivity (Wildman–Crippen MR) is 69.2 cm³/mol. The first kappa shape index (κ1) is 12.4. The Balaban J connectivity index is 1.90. The average Bonchev–Trinajstić information content (AvgIpc) is 2.97. The van der Waals surface area contributed by atoms with Gasteiger partial charge in [0, 0.05) is 25.5 Å². The van der Waals surface area contributed by atoms with E-state index < -0.39 is 0 Å². The molecule has 1 fully saturated rings. The van der Waals surface area contributed by atoms with Crippen molar-refractivity contribution in [3.05, 3.63) is 12.4 Å². The second-order valence-electron chi connectivity index (χ2n) is 4.78. The normalized spacial score (nSPS) is 21.6. The van der Waals surface area contributed by atoms with E-state index in [0.29, 0.717) is 12.1 Å². The number of aryl methyl sites for hydroxylation is 1. The summed E-state index contributed by atoms with van der Waals surface area (Å²) in [5.74, 6) is 0.974. The van der Waals surface area contributed by atoms with Crippen LogP contribution in [0.3, 0.4) is 0 Å². The third-order valence-electron chi connectivity index (χ3n) is 3.35. The fraction of sp³-hybridized carbons (Fsp3) is 0.769. The summed E-state index contributed by atoms with van der Waals surface area (Å²) >= 11 is 0. The van der Waals surface area contributed by atoms with Crippen LogP contribution in [0.5, 0.6) is 0 Å². The van der Waals surface area contributed by atoms with E-state index in [9.17, 15) is 0 Å². The summed E-state index contributed by atoms with van der Waals surface area (Å²) < 4.78 is 7.87. The Morgan fingerprint density at radius 2 is 2.53 bits per heavy atom. The minimum Gasteiger partial charge on any atom is -0.376 e. The molecular formula is C13H23N3O. The Labute approximate surface area is 103 Å². The zero-order valence-corrected chi connectivity index (χ0v) is 10.9. The summed E-state index contributed by atoms with van der Waals surface area (Å²) in [5.41, 5.74) is 0. The van der Waals surface area contributed by atoms with Crippen LogP contribution in [0, 0.1) is 0 Å². The second-order valence-corrected chi connectivity index (χ2v) is 4.78. The van der Waals surface area contributed by atoms with E-state index in [2.05, 4.69) is 28.7 Å². The highest BCUT2D eigenvalue weighted by Gasteiger charge is 2.23. The lowest BCUT2D eigenvalue weighted by Crippen LogP contribution is -2.31. The molecule has 0 amide bonds. The molecule has 4 nitrogen and oxygen atoms in total. The lowest BCUT2D eigenvalue weighted by atomic mass is 10.1. The zero-order valence-electron chi connectivity index (χ0n) is 10.9. The Bertz CT molecular complexity index is 331. The lowest BCUT2D eigenvalue weighted by Gasteiger charge is -2.21. The minimum atomic E-state index is 0.334. The van der Waals surface area contributed by atoms with Crippen molar-refractivity contribution in [2.45, 2.75) is 58.2 Å². The standard InChI is InChI=1S/C13H23N3O/c1-3-4-8-16-9-7-14-13(16)15-11(2)12-6-5-10-17-12/h7,9,11-12H,3-6,8,10H2,1-2H3,(H,14,15). The first-order valence-electron chi connectivity index (χ1n) is 6.70. The van der Waals surface area contributed by atoms with Crippen molar-refractivity contribution in [3.8, 4) is 0 Å². The molecule has 96 valence electrons. The molecule has 1 aliphatic heterocycles. The number of imidazole rings is 1. The minimum absolute atomic E-state index is 0.334. The van der Waals surface area contributed by atoms with E-state index >= 15 is 0 Å². The summed E-state index contributed by atoms with van der Waals surface area (Å²) in [5, 5.41) is 3.47. The maximum absolute atomic E-state index is 5.68. The smallest absolute Gasteiger partial charge is 0.203 e. The Kier molecular flexibility index (Phi) is 4.42. The largest absolute Gasteiger partial charge is 0.376 e. The first-order valence-corrected chi connectivity index (χ1v) is 6.70. The van der Waals surface area contributed by atoms with Crippen LogP contribution < -0.4 is 5.32 Å². The van der Waals surface area contributed by atoms with E-state index in [0.717, 1.165) is 25.5 Å². The van der Waals surface area contributed by atoms with Crippen LogP contribution >= 0.6 is 0 Å². The van der Waals surface area contributed by atoms with Gasteiger partial charge in [-0.3, -0.25) is 0 Å². The van der Waals surface area contributed by atoms with Crippen molar-refractivity contribution >= 4 is 5.95 Å². The summed E-state index contributed by atoms with van der Waals surface area (Å²) in [7, 11) is 0. The number of ether oxygens (including phenoxy) is 1. The van der Waals surface area contributed by atoms with Crippen molar-refractivity contribution in [1.82, 2.24) is 9.55 Å². The third kappa shape index (κ3) is 3.22. The number of unbranched alkanes of at least 4 members (excludes halogenated alkanes) is 1. The van der Waals surface area contributed by atoms with Gasteiger partial charge in [0.1, 0.15) is 0 Å². The zero-order chi connectivity index (χ0) is 12.1. The van der Waals surface area contributed by atoms with Crippen molar-refractivity contribution in [1.29, 1.82) is 0 Å².